The second kappa shape index (κ2) is 12.6. The molecule has 0 aliphatic heterocycles. The molecule has 37 heavy (non-hydrogen) atoms. The van der Waals surface area contributed by atoms with Crippen molar-refractivity contribution in [3.63, 3.8) is 0 Å². The van der Waals surface area contributed by atoms with Gasteiger partial charge in [-0.2, -0.15) is 0 Å². The lowest BCUT2D eigenvalue weighted by molar-refractivity contribution is -0.139. The molecule has 7 nitrogen and oxygen atoms in total. The van der Waals surface area contributed by atoms with E-state index in [1.807, 2.05) is 30.3 Å². The molecule has 3 aromatic carbocycles. The Kier molecular flexibility index (Phi) is 9.84. The third-order valence-corrected chi connectivity index (χ3v) is 7.78. The smallest absolute Gasteiger partial charge is 0.244 e. The predicted octanol–water partition coefficient (Wildman–Crippen LogP) is 4.80. The Morgan fingerprint density at radius 3 is 2.11 bits per heavy atom. The van der Waals surface area contributed by atoms with Gasteiger partial charge >= 0.3 is 0 Å². The quantitative estimate of drug-likeness (QED) is 0.372. The van der Waals surface area contributed by atoms with Gasteiger partial charge in [-0.05, 0) is 47.5 Å². The number of nitrogens with one attached hydrogen (secondary N) is 1. The van der Waals surface area contributed by atoms with Crippen molar-refractivity contribution in [3.8, 4) is 0 Å². The second-order valence-corrected chi connectivity index (χ2v) is 11.5. The van der Waals surface area contributed by atoms with Gasteiger partial charge < -0.3 is 10.2 Å². The molecule has 0 saturated heterocycles. The van der Waals surface area contributed by atoms with Crippen LogP contribution in [-0.2, 0) is 32.6 Å². The molecule has 0 fully saturated rings. The summed E-state index contributed by atoms with van der Waals surface area (Å²) >= 11 is 18.2. The van der Waals surface area contributed by atoms with Gasteiger partial charge in [-0.1, -0.05) is 71.2 Å². The average Bonchev–Trinajstić information content (AvgIpc) is 2.86. The number of carbonyl (C=O) groups excluding carboxylic acids is 2. The van der Waals surface area contributed by atoms with Crippen LogP contribution in [0, 0.1) is 0 Å². The molecule has 196 valence electrons. The van der Waals surface area contributed by atoms with E-state index >= 15 is 0 Å². The van der Waals surface area contributed by atoms with Gasteiger partial charge in [0.1, 0.15) is 12.6 Å². The van der Waals surface area contributed by atoms with Gasteiger partial charge in [0.05, 0.1) is 22.0 Å². The molecule has 0 spiro atoms. The lowest BCUT2D eigenvalue weighted by Crippen LogP contribution is -2.52. The molecule has 11 heteroatoms. The summed E-state index contributed by atoms with van der Waals surface area (Å²) < 4.78 is 26.3. The molecule has 0 aromatic heterocycles. The number of sulfonamides is 1. The van der Waals surface area contributed by atoms with E-state index in [0.29, 0.717) is 20.6 Å². The molecule has 1 atom stereocenters. The summed E-state index contributed by atoms with van der Waals surface area (Å²) in [5.74, 6) is -0.967. The fraction of sp³-hybridized carbons (Fsp3) is 0.231. The van der Waals surface area contributed by atoms with Crippen molar-refractivity contribution in [1.82, 2.24) is 10.2 Å². The highest BCUT2D eigenvalue weighted by molar-refractivity contribution is 7.92. The SMILES string of the molecule is CNC(=O)[C@@H](Cc1ccccc1)N(Cc1ccc(Cl)c(Cl)c1)C(=O)CN(c1ccc(Cl)cc1)S(C)(=O)=O. The number of rotatable bonds is 10. The lowest BCUT2D eigenvalue weighted by Gasteiger charge is -2.33. The number of likely N-dealkylation sites (N-methyl/N-ethyl adjacent to an activating group) is 1. The number of benzene rings is 3. The first-order valence-electron chi connectivity index (χ1n) is 11.2. The van der Waals surface area contributed by atoms with Crippen molar-refractivity contribution in [2.45, 2.75) is 19.0 Å². The van der Waals surface area contributed by atoms with E-state index in [-0.39, 0.29) is 18.7 Å². The molecular weight excluding hydrogens is 557 g/mol. The highest BCUT2D eigenvalue weighted by Gasteiger charge is 2.32. The topological polar surface area (TPSA) is 86.8 Å². The maximum absolute atomic E-state index is 13.8. The molecule has 1 N–H and O–H groups in total. The Balaban J connectivity index is 2.03. The minimum Gasteiger partial charge on any atom is -0.357 e. The van der Waals surface area contributed by atoms with Crippen LogP contribution in [-0.4, -0.2) is 51.0 Å². The maximum atomic E-state index is 13.8. The van der Waals surface area contributed by atoms with Crippen LogP contribution in [0.25, 0.3) is 0 Å². The minimum atomic E-state index is -3.85. The van der Waals surface area contributed by atoms with Crippen molar-refractivity contribution < 1.29 is 18.0 Å². The fourth-order valence-electron chi connectivity index (χ4n) is 3.78. The summed E-state index contributed by atoms with van der Waals surface area (Å²) in [4.78, 5) is 28.2. The number of halogens is 3. The summed E-state index contributed by atoms with van der Waals surface area (Å²) in [5, 5.41) is 3.69. The summed E-state index contributed by atoms with van der Waals surface area (Å²) in [6.07, 6.45) is 1.23. The molecule has 0 unspecified atom stereocenters. The Morgan fingerprint density at radius 2 is 1.54 bits per heavy atom. The Morgan fingerprint density at radius 1 is 0.892 bits per heavy atom. The fourth-order valence-corrected chi connectivity index (χ4v) is 5.07. The van der Waals surface area contributed by atoms with Gasteiger partial charge in [-0.3, -0.25) is 13.9 Å². The summed E-state index contributed by atoms with van der Waals surface area (Å²) in [5.41, 5.74) is 1.73. The van der Waals surface area contributed by atoms with Crippen LogP contribution < -0.4 is 9.62 Å². The molecule has 0 bridgehead atoms. The Bertz CT molecular complexity index is 1350. The third-order valence-electron chi connectivity index (χ3n) is 5.65. The summed E-state index contributed by atoms with van der Waals surface area (Å²) in [7, 11) is -2.37. The van der Waals surface area contributed by atoms with Gasteiger partial charge in [-0.25, -0.2) is 8.42 Å². The maximum Gasteiger partial charge on any atom is 0.244 e. The molecule has 0 aliphatic carbocycles. The third kappa shape index (κ3) is 7.85. The van der Waals surface area contributed by atoms with E-state index in [4.69, 9.17) is 34.8 Å². The highest BCUT2D eigenvalue weighted by Crippen LogP contribution is 2.25. The zero-order chi connectivity index (χ0) is 27.2. The van der Waals surface area contributed by atoms with E-state index < -0.39 is 34.4 Å². The van der Waals surface area contributed by atoms with Crippen LogP contribution in [0.1, 0.15) is 11.1 Å². The molecule has 0 saturated carbocycles. The van der Waals surface area contributed by atoms with E-state index in [1.165, 1.54) is 36.2 Å². The van der Waals surface area contributed by atoms with Crippen LogP contribution in [0.2, 0.25) is 15.1 Å². The van der Waals surface area contributed by atoms with E-state index in [9.17, 15) is 18.0 Å². The summed E-state index contributed by atoms with van der Waals surface area (Å²) in [6.45, 7) is -0.525. The number of hydrogen-bond acceptors (Lipinski definition) is 4. The normalized spacial score (nSPS) is 12.0. The van der Waals surface area contributed by atoms with Crippen LogP contribution >= 0.6 is 34.8 Å². The zero-order valence-corrected chi connectivity index (χ0v) is 23.3. The molecule has 3 rings (SSSR count). The Hall–Kier alpha value is -2.78. The van der Waals surface area contributed by atoms with E-state index in [1.54, 1.807) is 18.2 Å². The predicted molar refractivity (Wildman–Crippen MR) is 149 cm³/mol. The number of anilines is 1. The van der Waals surface area contributed by atoms with Gasteiger partial charge in [0.25, 0.3) is 0 Å². The van der Waals surface area contributed by atoms with Gasteiger partial charge in [-0.15, -0.1) is 0 Å². The van der Waals surface area contributed by atoms with Crippen LogP contribution in [0.3, 0.4) is 0 Å². The van der Waals surface area contributed by atoms with Crippen LogP contribution in [0.4, 0.5) is 5.69 Å². The Labute approximate surface area is 232 Å². The number of hydrogen-bond donors (Lipinski definition) is 1. The molecule has 0 heterocycles. The van der Waals surface area contributed by atoms with Crippen LogP contribution in [0.5, 0.6) is 0 Å². The first kappa shape index (κ1) is 28.8. The van der Waals surface area contributed by atoms with Gasteiger partial charge in [0.15, 0.2) is 0 Å². The van der Waals surface area contributed by atoms with Crippen LogP contribution in [0.15, 0.2) is 72.8 Å². The molecule has 0 radical (unpaired) electrons. The van der Waals surface area contributed by atoms with Crippen molar-refractivity contribution in [3.05, 3.63) is 99.0 Å². The number of carbonyl (C=O) groups is 2. The van der Waals surface area contributed by atoms with Crippen molar-refractivity contribution in [1.29, 1.82) is 0 Å². The van der Waals surface area contributed by atoms with Crippen molar-refractivity contribution >= 4 is 62.3 Å². The lowest BCUT2D eigenvalue weighted by atomic mass is 10.0. The largest absolute Gasteiger partial charge is 0.357 e. The second-order valence-electron chi connectivity index (χ2n) is 8.34. The number of amides is 2. The first-order valence-corrected chi connectivity index (χ1v) is 14.2. The van der Waals surface area contributed by atoms with Gasteiger partial charge in [0, 0.05) is 25.0 Å². The van der Waals surface area contributed by atoms with Crippen molar-refractivity contribution in [2.75, 3.05) is 24.2 Å². The van der Waals surface area contributed by atoms with E-state index in [0.717, 1.165) is 16.1 Å². The van der Waals surface area contributed by atoms with Crippen molar-refractivity contribution in [2.24, 2.45) is 0 Å². The molecule has 3 aromatic rings. The highest BCUT2D eigenvalue weighted by atomic mass is 35.5. The van der Waals surface area contributed by atoms with Gasteiger partial charge in [0.2, 0.25) is 21.8 Å². The molecular formula is C26H26Cl3N3O4S. The molecule has 0 aliphatic rings. The zero-order valence-electron chi connectivity index (χ0n) is 20.2. The standard InChI is InChI=1S/C26H26Cl3N3O4S/c1-30-26(34)24(15-18-6-4-3-5-7-18)31(16-19-8-13-22(28)23(29)14-19)25(33)17-32(37(2,35)36)21-11-9-20(27)10-12-21/h3-14,24H,15-17H2,1-2H3,(H,30,34)/t24-/m1/s1. The number of nitrogens with zero attached hydrogens (tertiary/aromatic N) is 2. The summed E-state index contributed by atoms with van der Waals surface area (Å²) in [6, 6.07) is 19.3. The monoisotopic (exact) mass is 581 g/mol. The molecule has 2 amide bonds. The average molecular weight is 583 g/mol. The first-order chi connectivity index (χ1) is 17.5. The minimum absolute atomic E-state index is 0.00113. The van der Waals surface area contributed by atoms with E-state index in [2.05, 4.69) is 5.32 Å².